The highest BCUT2D eigenvalue weighted by molar-refractivity contribution is 7.13. The fourth-order valence-electron chi connectivity index (χ4n) is 3.36. The number of likely N-dealkylation sites (tertiary alicyclic amines) is 1. The molecule has 1 aromatic carbocycles. The van der Waals surface area contributed by atoms with Crippen LogP contribution in [-0.4, -0.2) is 46.5 Å². The molecule has 6 heteroatoms. The highest BCUT2D eigenvalue weighted by atomic mass is 32.1. The number of hydrogen-bond acceptors (Lipinski definition) is 5. The molecule has 0 atom stereocenters. The fraction of sp³-hybridized carbons (Fsp3) is 0.350. The number of thiazole rings is 1. The number of halogens is 1. The van der Waals surface area contributed by atoms with Crippen molar-refractivity contribution in [2.75, 3.05) is 19.6 Å². The second kappa shape index (κ2) is 7.60. The number of hydrogen-bond donors (Lipinski definition) is 0. The molecule has 1 fully saturated rings. The SMILES string of the molecule is O=C(Cc1cc2cc(-c3cncs3)ccc2cn1)CN1CCC(F)CC1. The van der Waals surface area contributed by atoms with Crippen LogP contribution in [0.3, 0.4) is 0 Å². The summed E-state index contributed by atoms with van der Waals surface area (Å²) in [5.74, 6) is 0.132. The molecule has 3 heterocycles. The van der Waals surface area contributed by atoms with Crippen molar-refractivity contribution in [2.24, 2.45) is 0 Å². The van der Waals surface area contributed by atoms with Gasteiger partial charge in [-0.3, -0.25) is 19.7 Å². The Labute approximate surface area is 155 Å². The summed E-state index contributed by atoms with van der Waals surface area (Å²) in [4.78, 5) is 24.1. The van der Waals surface area contributed by atoms with Gasteiger partial charge in [-0.2, -0.15) is 0 Å². The van der Waals surface area contributed by atoms with Gasteiger partial charge in [-0.1, -0.05) is 12.1 Å². The van der Waals surface area contributed by atoms with Gasteiger partial charge in [-0.25, -0.2) is 4.39 Å². The molecule has 0 amide bonds. The lowest BCUT2D eigenvalue weighted by Crippen LogP contribution is -2.38. The van der Waals surface area contributed by atoms with Crippen LogP contribution in [-0.2, 0) is 11.2 Å². The number of pyridine rings is 1. The van der Waals surface area contributed by atoms with Gasteiger partial charge in [-0.15, -0.1) is 11.3 Å². The second-order valence-electron chi connectivity index (χ2n) is 6.77. The summed E-state index contributed by atoms with van der Waals surface area (Å²) in [5.41, 5.74) is 3.73. The average molecular weight is 369 g/mol. The Kier molecular flexibility index (Phi) is 5.04. The number of carbonyl (C=O) groups is 1. The monoisotopic (exact) mass is 369 g/mol. The minimum Gasteiger partial charge on any atom is -0.298 e. The van der Waals surface area contributed by atoms with Gasteiger partial charge in [-0.05, 0) is 35.9 Å². The van der Waals surface area contributed by atoms with Crippen LogP contribution in [0.25, 0.3) is 21.2 Å². The maximum absolute atomic E-state index is 13.2. The Morgan fingerprint density at radius 2 is 2.04 bits per heavy atom. The van der Waals surface area contributed by atoms with Crippen LogP contribution < -0.4 is 0 Å². The normalized spacial score (nSPS) is 16.2. The molecule has 2 aromatic heterocycles. The number of nitrogens with zero attached hydrogens (tertiary/aromatic N) is 3. The molecule has 0 saturated carbocycles. The van der Waals surface area contributed by atoms with Crippen LogP contribution in [0.1, 0.15) is 18.5 Å². The summed E-state index contributed by atoms with van der Waals surface area (Å²) < 4.78 is 13.2. The lowest BCUT2D eigenvalue weighted by atomic mass is 10.1. The summed E-state index contributed by atoms with van der Waals surface area (Å²) in [7, 11) is 0. The van der Waals surface area contributed by atoms with Gasteiger partial charge in [0.05, 0.1) is 23.4 Å². The predicted molar refractivity (Wildman–Crippen MR) is 102 cm³/mol. The Hall–Kier alpha value is -2.18. The van der Waals surface area contributed by atoms with E-state index in [1.54, 1.807) is 11.3 Å². The van der Waals surface area contributed by atoms with Gasteiger partial charge in [0.15, 0.2) is 5.78 Å². The van der Waals surface area contributed by atoms with Crippen molar-refractivity contribution in [1.82, 2.24) is 14.9 Å². The van der Waals surface area contributed by atoms with Crippen LogP contribution in [0, 0.1) is 0 Å². The second-order valence-corrected chi connectivity index (χ2v) is 7.66. The zero-order valence-electron chi connectivity index (χ0n) is 14.4. The van der Waals surface area contributed by atoms with Crippen LogP contribution in [0.15, 0.2) is 42.2 Å². The van der Waals surface area contributed by atoms with E-state index < -0.39 is 6.17 Å². The Bertz CT molecular complexity index is 905. The van der Waals surface area contributed by atoms with Crippen LogP contribution in [0.5, 0.6) is 0 Å². The minimum atomic E-state index is -0.712. The molecule has 0 unspecified atom stereocenters. The first kappa shape index (κ1) is 17.2. The average Bonchev–Trinajstić information content (AvgIpc) is 3.18. The Morgan fingerprint density at radius 3 is 2.81 bits per heavy atom. The van der Waals surface area contributed by atoms with Gasteiger partial charge in [0.25, 0.3) is 0 Å². The number of aromatic nitrogens is 2. The molecule has 1 aliphatic heterocycles. The van der Waals surface area contributed by atoms with E-state index in [2.05, 4.69) is 22.1 Å². The lowest BCUT2D eigenvalue weighted by molar-refractivity contribution is -0.120. The molecular formula is C20H20FN3OS. The molecule has 0 bridgehead atoms. The third-order valence-electron chi connectivity index (χ3n) is 4.79. The number of Topliss-reactive ketones (excluding diaryl/α,β-unsaturated/α-hetero) is 1. The zero-order chi connectivity index (χ0) is 17.9. The highest BCUT2D eigenvalue weighted by Crippen LogP contribution is 2.27. The molecule has 4 rings (SSSR count). The van der Waals surface area contributed by atoms with E-state index in [9.17, 15) is 9.18 Å². The van der Waals surface area contributed by atoms with Gasteiger partial charge in [0.1, 0.15) is 6.17 Å². The predicted octanol–water partition coefficient (Wildman–Crippen LogP) is 3.90. The molecule has 4 nitrogen and oxygen atoms in total. The van der Waals surface area contributed by atoms with Gasteiger partial charge >= 0.3 is 0 Å². The highest BCUT2D eigenvalue weighted by Gasteiger charge is 2.20. The van der Waals surface area contributed by atoms with E-state index in [0.717, 1.165) is 26.9 Å². The molecule has 0 aliphatic carbocycles. The van der Waals surface area contributed by atoms with Crippen molar-refractivity contribution in [1.29, 1.82) is 0 Å². The summed E-state index contributed by atoms with van der Waals surface area (Å²) in [6.07, 6.45) is 4.34. The summed E-state index contributed by atoms with van der Waals surface area (Å²) in [6, 6.07) is 8.22. The van der Waals surface area contributed by atoms with Crippen molar-refractivity contribution in [2.45, 2.75) is 25.4 Å². The number of piperidine rings is 1. The van der Waals surface area contributed by atoms with Gasteiger partial charge < -0.3 is 0 Å². The van der Waals surface area contributed by atoms with Crippen LogP contribution >= 0.6 is 11.3 Å². The van der Waals surface area contributed by atoms with Crippen molar-refractivity contribution in [3.63, 3.8) is 0 Å². The first-order valence-corrected chi connectivity index (χ1v) is 9.71. The van der Waals surface area contributed by atoms with Crippen molar-refractivity contribution in [3.8, 4) is 10.4 Å². The molecule has 0 spiro atoms. The Balaban J connectivity index is 1.47. The third kappa shape index (κ3) is 3.97. The number of ketones is 1. The summed E-state index contributed by atoms with van der Waals surface area (Å²) in [5, 5.41) is 2.13. The Morgan fingerprint density at radius 1 is 1.19 bits per heavy atom. The topological polar surface area (TPSA) is 46.1 Å². The maximum atomic E-state index is 13.2. The van der Waals surface area contributed by atoms with Crippen molar-refractivity contribution in [3.05, 3.63) is 47.9 Å². The van der Waals surface area contributed by atoms with E-state index in [4.69, 9.17) is 0 Å². The molecule has 0 N–H and O–H groups in total. The van der Waals surface area contributed by atoms with E-state index in [-0.39, 0.29) is 5.78 Å². The van der Waals surface area contributed by atoms with E-state index in [1.165, 1.54) is 0 Å². The first-order chi connectivity index (χ1) is 12.7. The van der Waals surface area contributed by atoms with E-state index in [0.29, 0.717) is 38.9 Å². The van der Waals surface area contributed by atoms with Gasteiger partial charge in [0.2, 0.25) is 0 Å². The molecule has 0 radical (unpaired) electrons. The summed E-state index contributed by atoms with van der Waals surface area (Å²) in [6.45, 7) is 1.71. The molecule has 1 saturated heterocycles. The smallest absolute Gasteiger partial charge is 0.152 e. The maximum Gasteiger partial charge on any atom is 0.152 e. The van der Waals surface area contributed by atoms with Crippen molar-refractivity contribution < 1.29 is 9.18 Å². The number of fused-ring (bicyclic) bond motifs is 1. The number of rotatable bonds is 5. The van der Waals surface area contributed by atoms with Crippen LogP contribution in [0.2, 0.25) is 0 Å². The first-order valence-electron chi connectivity index (χ1n) is 8.83. The number of carbonyl (C=O) groups excluding carboxylic acids is 1. The van der Waals surface area contributed by atoms with Gasteiger partial charge in [0, 0.05) is 36.6 Å². The molecule has 134 valence electrons. The number of alkyl halides is 1. The fourth-order valence-corrected chi connectivity index (χ4v) is 3.98. The molecular weight excluding hydrogens is 349 g/mol. The molecule has 26 heavy (non-hydrogen) atoms. The minimum absolute atomic E-state index is 0.132. The van der Waals surface area contributed by atoms with E-state index in [1.807, 2.05) is 34.9 Å². The standard InChI is InChI=1S/C20H20FN3OS/c21-17-3-5-24(6-4-17)12-19(25)9-18-8-16-7-14(20-11-22-13-26-20)1-2-15(16)10-23-18/h1-2,7-8,10-11,13,17H,3-6,9,12H2. The largest absolute Gasteiger partial charge is 0.298 e. The number of benzene rings is 1. The zero-order valence-corrected chi connectivity index (χ0v) is 15.2. The quantitative estimate of drug-likeness (QED) is 0.684. The molecule has 3 aromatic rings. The van der Waals surface area contributed by atoms with Crippen LogP contribution in [0.4, 0.5) is 4.39 Å². The van der Waals surface area contributed by atoms with E-state index >= 15 is 0 Å². The van der Waals surface area contributed by atoms with Crippen molar-refractivity contribution >= 4 is 27.9 Å². The summed E-state index contributed by atoms with van der Waals surface area (Å²) >= 11 is 1.61. The molecule has 1 aliphatic rings. The third-order valence-corrected chi connectivity index (χ3v) is 5.61. The lowest BCUT2D eigenvalue weighted by Gasteiger charge is -2.27.